The van der Waals surface area contributed by atoms with Crippen LogP contribution in [0.4, 0.5) is 0 Å². The molecule has 3 fully saturated rings. The number of nitrogens with two attached hydrogens (primary N) is 1. The molecule has 0 bridgehead atoms. The number of morpholine rings is 1. The highest BCUT2D eigenvalue weighted by atomic mass is 35.5. The molecule has 4 aromatic rings. The van der Waals surface area contributed by atoms with E-state index in [1.54, 1.807) is 23.5 Å². The second kappa shape index (κ2) is 39.4. The molecule has 3 aromatic heterocycles. The minimum Gasteiger partial charge on any atom is -0.481 e. The number of fused-ring (bicyclic) bond motifs is 1. The number of carboxylic acids is 1. The normalized spacial score (nSPS) is 18.0. The first-order valence-electron chi connectivity index (χ1n) is 33.5. The molecule has 3 aliphatic heterocycles. The van der Waals surface area contributed by atoms with E-state index >= 15 is 0 Å². The number of ether oxygens (including phenoxy) is 3. The van der Waals surface area contributed by atoms with Crippen LogP contribution < -0.4 is 5.73 Å². The topological polar surface area (TPSA) is 252 Å². The fourth-order valence-electron chi connectivity index (χ4n) is 9.17. The first-order chi connectivity index (χ1) is 43.8. The van der Waals surface area contributed by atoms with Gasteiger partial charge in [-0.25, -0.2) is 0 Å². The van der Waals surface area contributed by atoms with Crippen LogP contribution in [0, 0.1) is 0 Å². The molecule has 0 radical (unpaired) electrons. The van der Waals surface area contributed by atoms with E-state index in [4.69, 9.17) is 57.7 Å². The fraction of sp³-hybridized carbons (Fsp3) is 0.739. The second-order valence-electron chi connectivity index (χ2n) is 31.9. The molecule has 3 saturated heterocycles. The first-order valence-corrected chi connectivity index (χ1v) is 41.9. The molecule has 28 heteroatoms. The number of para-hydroxylation sites is 1. The van der Waals surface area contributed by atoms with Gasteiger partial charge in [0.25, 0.3) is 0 Å². The third-order valence-electron chi connectivity index (χ3n) is 18.0. The van der Waals surface area contributed by atoms with Gasteiger partial charge in [0.2, 0.25) is 0 Å². The lowest BCUT2D eigenvalue weighted by Crippen LogP contribution is -2.46. The molecule has 4 atom stereocenters. The molecule has 0 aliphatic carbocycles. The number of Topliss-reactive ketones (excluding diaryl/α,β-unsaturated/α-hetero) is 1. The SMILES string of the molecule is CC(C)(C)OC(=O)C[C@H](CCC(CC(=O)Cc1cccs1)B1OC(C)(C)C(C)(C)O1)O[Si](C)(C)C(C)(C)C.CC(C)(C)OC(=O)C[C@H](CCC(N)B1OC(C)(C)C(C)(C)O1)O[Si](C)(C)C(C)(C)C.CCl.CN1CCOCC1.Cl.O=C(O)Cc1cccs1.On1nnc2ccccc21. The second-order valence-corrected chi connectivity index (χ2v) is 43.5. The van der Waals surface area contributed by atoms with Crippen molar-refractivity contribution in [1.82, 2.24) is 20.1 Å². The van der Waals surface area contributed by atoms with Crippen LogP contribution in [-0.4, -0.2) is 176 Å². The standard InChI is InChI=1S/C29H51BO6SSi.C22H46BNO5Si.C6H5N3O.C6H6O2S.C5H11NO.CH3Cl.ClH/c1-26(2,3)33-25(32)20-23(34-38(11,12)27(4,5)6)16-15-21(18-22(31)19-24-14-13-17-37-24)30-35-28(7,8)29(9,10)36-30;1-19(2,3)26-18(25)15-16(27-30(11,12)20(4,5)6)13-14-17(24)23-28-21(7,8)22(9,10)29-23;10-9-6-4-2-1-3-5(6)7-8-9;7-6(8)4-5-2-1-3-9-5;1-6-2-4-7-5-3-6;1-2;/h13-14,17,21,23H,15-16,18-20H2,1-12H3;16-17H,13-15,24H2,1-12H3;1-4,10H;1-3H,4H2,(H,7,8);2-5H2,1H3;1H3;1H/t21?,23-;16-,17?;;;;;/m00...../s1. The highest BCUT2D eigenvalue weighted by Gasteiger charge is 2.55. The number of halogens is 2. The number of aromatic nitrogens is 3. The third-order valence-corrected chi connectivity index (χ3v) is 28.9. The van der Waals surface area contributed by atoms with Crippen molar-refractivity contribution >= 4 is 112 Å². The number of thiophene rings is 2. The number of carbonyl (C=O) groups excluding carboxylic acids is 3. The zero-order valence-electron chi connectivity index (χ0n) is 63.6. The lowest BCUT2D eigenvalue weighted by atomic mass is 9.66. The predicted octanol–water partition coefficient (Wildman–Crippen LogP) is 15.7. The maximum Gasteiger partial charge on any atom is 0.475 e. The number of esters is 2. The molecule has 0 amide bonds. The molecule has 4 N–H and O–H groups in total. The largest absolute Gasteiger partial charge is 0.481 e. The quantitative estimate of drug-likeness (QED) is 0.0286. The molecule has 0 saturated carbocycles. The van der Waals surface area contributed by atoms with E-state index in [1.165, 1.54) is 17.7 Å². The van der Waals surface area contributed by atoms with Crippen LogP contribution >= 0.6 is 46.7 Å². The number of hydrogen-bond donors (Lipinski definition) is 3. The summed E-state index contributed by atoms with van der Waals surface area (Å²) in [7, 11) is -3.06. The van der Waals surface area contributed by atoms with Crippen molar-refractivity contribution in [1.29, 1.82) is 0 Å². The van der Waals surface area contributed by atoms with Gasteiger partial charge in [-0.15, -0.1) is 51.8 Å². The van der Waals surface area contributed by atoms with E-state index in [0.29, 0.717) is 49.6 Å². The summed E-state index contributed by atoms with van der Waals surface area (Å²) < 4.78 is 54.6. The Labute approximate surface area is 604 Å². The lowest BCUT2D eigenvalue weighted by Gasteiger charge is -2.39. The summed E-state index contributed by atoms with van der Waals surface area (Å²) in [6.07, 6.45) is 4.80. The number of nitrogens with zero attached hydrogens (tertiary/aromatic N) is 4. The molecule has 6 heterocycles. The van der Waals surface area contributed by atoms with Crippen molar-refractivity contribution in [3.63, 3.8) is 0 Å². The van der Waals surface area contributed by atoms with Gasteiger partial charge in [0, 0.05) is 53.8 Å². The summed E-state index contributed by atoms with van der Waals surface area (Å²) in [6.45, 7) is 53.4. The van der Waals surface area contributed by atoms with Gasteiger partial charge in [-0.3, -0.25) is 19.2 Å². The van der Waals surface area contributed by atoms with E-state index in [-0.39, 0.29) is 83.4 Å². The highest BCUT2D eigenvalue weighted by molar-refractivity contribution is 7.10. The average Bonchev–Trinajstić information content (AvgIpc) is 1.66. The van der Waals surface area contributed by atoms with Crippen molar-refractivity contribution < 1.29 is 71.2 Å². The van der Waals surface area contributed by atoms with E-state index in [9.17, 15) is 19.2 Å². The van der Waals surface area contributed by atoms with Gasteiger partial charge in [0.1, 0.15) is 28.0 Å². The number of rotatable bonds is 22. The van der Waals surface area contributed by atoms with Crippen LogP contribution in [0.5, 0.6) is 0 Å². The number of benzene rings is 1. The lowest BCUT2D eigenvalue weighted by molar-refractivity contribution is -0.158. The Hall–Kier alpha value is -3.32. The Morgan fingerprint density at radius 3 is 1.39 bits per heavy atom. The number of hydrogen-bond acceptors (Lipinski definition) is 20. The highest BCUT2D eigenvalue weighted by Crippen LogP contribution is 2.45. The van der Waals surface area contributed by atoms with E-state index in [1.807, 2.05) is 144 Å². The molecule has 0 spiro atoms. The Kier molecular flexibility index (Phi) is 37.2. The van der Waals surface area contributed by atoms with Crippen LogP contribution in [0.1, 0.15) is 193 Å². The molecular formula is C69H123B2Cl2N5O15S2Si2. The minimum atomic E-state index is -2.15. The molecule has 2 unspecified atom stereocenters. The van der Waals surface area contributed by atoms with Crippen LogP contribution in [0.25, 0.3) is 11.0 Å². The van der Waals surface area contributed by atoms with Gasteiger partial charge in [-0.05, 0) is 206 Å². The Morgan fingerprint density at radius 2 is 1.03 bits per heavy atom. The Bertz CT molecular complexity index is 2910. The van der Waals surface area contributed by atoms with Crippen molar-refractivity contribution in [3.8, 4) is 0 Å². The smallest absolute Gasteiger partial charge is 0.475 e. The monoisotopic (exact) mass is 1470 g/mol. The van der Waals surface area contributed by atoms with Crippen LogP contribution in [0.3, 0.4) is 0 Å². The Balaban J connectivity index is 0.000000692. The van der Waals surface area contributed by atoms with Gasteiger partial charge in [-0.2, -0.15) is 0 Å². The summed E-state index contributed by atoms with van der Waals surface area (Å²) in [5.74, 6) is -1.54. The maximum atomic E-state index is 13.1. The van der Waals surface area contributed by atoms with Gasteiger partial charge < -0.3 is 62.6 Å². The van der Waals surface area contributed by atoms with Crippen molar-refractivity contribution in [2.75, 3.05) is 39.7 Å². The van der Waals surface area contributed by atoms with Crippen LogP contribution in [-0.2, 0) is 73.7 Å². The van der Waals surface area contributed by atoms with E-state index in [2.05, 4.69) is 102 Å². The average molecular weight is 1480 g/mol. The van der Waals surface area contributed by atoms with Gasteiger partial charge >= 0.3 is 32.1 Å². The Morgan fingerprint density at radius 1 is 0.629 bits per heavy atom. The van der Waals surface area contributed by atoms with E-state index in [0.717, 1.165) is 40.9 Å². The summed E-state index contributed by atoms with van der Waals surface area (Å²) in [5, 5.41) is 28.3. The third kappa shape index (κ3) is 32.7. The molecular weight excluding hydrogens is 1350 g/mol. The summed E-state index contributed by atoms with van der Waals surface area (Å²) in [4.78, 5) is 53.6. The first kappa shape index (κ1) is 91.7. The number of carboxylic acid groups (broad SMARTS) is 1. The zero-order chi connectivity index (χ0) is 73.7. The summed E-state index contributed by atoms with van der Waals surface area (Å²) in [6, 6.07) is 14.8. The van der Waals surface area contributed by atoms with Gasteiger partial charge in [0.15, 0.2) is 16.6 Å². The predicted molar refractivity (Wildman–Crippen MR) is 403 cm³/mol. The minimum absolute atomic E-state index is 0. The maximum absolute atomic E-state index is 13.1. The number of carbonyl (C=O) groups is 4. The van der Waals surface area contributed by atoms with Crippen LogP contribution in [0.2, 0.25) is 42.1 Å². The number of ketones is 1. The van der Waals surface area contributed by atoms with Crippen molar-refractivity contribution in [2.24, 2.45) is 5.73 Å². The van der Waals surface area contributed by atoms with Gasteiger partial charge in [0.05, 0.1) is 67.1 Å². The van der Waals surface area contributed by atoms with Gasteiger partial charge in [-0.1, -0.05) is 70.7 Å². The van der Waals surface area contributed by atoms with E-state index < -0.39 is 70.4 Å². The number of aliphatic carboxylic acids is 1. The molecule has 1 aromatic carbocycles. The number of alkyl halides is 1. The van der Waals surface area contributed by atoms with Crippen molar-refractivity contribution in [2.45, 2.75) is 290 Å². The van der Waals surface area contributed by atoms with Crippen molar-refractivity contribution in [3.05, 3.63) is 69.0 Å². The molecule has 7 rings (SSSR count). The molecule has 3 aliphatic rings. The molecule has 97 heavy (non-hydrogen) atoms. The molecule has 20 nitrogen and oxygen atoms in total. The summed E-state index contributed by atoms with van der Waals surface area (Å²) >= 11 is 7.71. The fourth-order valence-corrected chi connectivity index (χ4v) is 13.4. The molecule has 554 valence electrons. The van der Waals surface area contributed by atoms with Crippen LogP contribution in [0.15, 0.2) is 59.3 Å². The number of likely N-dealkylation sites (N-methyl/N-ethyl adjacent to an activating group) is 1. The summed E-state index contributed by atoms with van der Waals surface area (Å²) in [5.41, 5.74) is 4.89. The zero-order valence-corrected chi connectivity index (χ0v) is 68.8.